The molecule has 0 aliphatic heterocycles. The van der Waals surface area contributed by atoms with Crippen LogP contribution in [-0.4, -0.2) is 25.3 Å². The maximum Gasteiger partial charge on any atom is 0.332 e. The van der Waals surface area contributed by atoms with E-state index in [1.165, 1.54) is 9.80 Å². The van der Waals surface area contributed by atoms with Crippen LogP contribution < -0.4 is 9.80 Å². The minimum absolute atomic E-state index is 0.309. The van der Waals surface area contributed by atoms with Gasteiger partial charge >= 0.3 is 12.0 Å². The Hall–Kier alpha value is -3.08. The lowest BCUT2D eigenvalue weighted by Gasteiger charge is -2.32. The van der Waals surface area contributed by atoms with Crippen LogP contribution in [0, 0.1) is 0 Å². The topological polar surface area (TPSA) is 49.9 Å². The summed E-state index contributed by atoms with van der Waals surface area (Å²) in [6.45, 7) is 5.03. The number of benzene rings is 2. The number of hydrogen-bond acceptors (Lipinski definition) is 3. The van der Waals surface area contributed by atoms with Gasteiger partial charge in [0.05, 0.1) is 0 Å². The molecule has 0 spiro atoms. The first-order valence-electron chi connectivity index (χ1n) is 7.54. The first kappa shape index (κ1) is 17.3. The van der Waals surface area contributed by atoms with Gasteiger partial charge in [-0.05, 0) is 31.2 Å². The van der Waals surface area contributed by atoms with Gasteiger partial charge in [-0.1, -0.05) is 43.0 Å². The van der Waals surface area contributed by atoms with Crippen molar-refractivity contribution in [3.63, 3.8) is 0 Å². The molecule has 2 aromatic carbocycles. The number of ether oxygens (including phenoxy) is 1. The number of urea groups is 1. The Kier molecular flexibility index (Phi) is 5.73. The van der Waals surface area contributed by atoms with Crippen LogP contribution in [0.4, 0.5) is 16.2 Å². The normalized spacial score (nSPS) is 11.2. The van der Waals surface area contributed by atoms with Gasteiger partial charge in [-0.15, -0.1) is 0 Å². The van der Waals surface area contributed by atoms with Crippen molar-refractivity contribution in [3.8, 4) is 0 Å². The number of carbonyl (C=O) groups excluding carboxylic acids is 2. The maximum atomic E-state index is 13.0. The van der Waals surface area contributed by atoms with E-state index in [1.54, 1.807) is 26.1 Å². The summed E-state index contributed by atoms with van der Waals surface area (Å²) in [6, 6.07) is 18.0. The molecule has 2 amide bonds. The van der Waals surface area contributed by atoms with Crippen LogP contribution in [0.2, 0.25) is 0 Å². The number of hydrogen-bond donors (Lipinski definition) is 0. The molecule has 124 valence electrons. The lowest BCUT2D eigenvalue weighted by Crippen LogP contribution is -2.47. The molecule has 2 rings (SSSR count). The number of esters is 1. The summed E-state index contributed by atoms with van der Waals surface area (Å²) in [7, 11) is 1.68. The maximum absolute atomic E-state index is 13.0. The Bertz CT molecular complexity index is 701. The van der Waals surface area contributed by atoms with Gasteiger partial charge in [0.25, 0.3) is 0 Å². The van der Waals surface area contributed by atoms with E-state index < -0.39 is 12.2 Å². The highest BCUT2D eigenvalue weighted by Gasteiger charge is 2.27. The standard InChI is InChI=1S/C19H20N2O3/c1-4-18(22)24-15(2)21(17-13-9-6-10-14-17)19(23)20(3)16-11-7-5-8-12-16/h4-15H,1H2,2-3H3. The van der Waals surface area contributed by atoms with Crippen LogP contribution in [-0.2, 0) is 9.53 Å². The number of amides is 2. The molecule has 5 heteroatoms. The molecule has 1 unspecified atom stereocenters. The highest BCUT2D eigenvalue weighted by molar-refractivity contribution is 6.03. The fourth-order valence-corrected chi connectivity index (χ4v) is 2.26. The Morgan fingerprint density at radius 1 is 1.00 bits per heavy atom. The Morgan fingerprint density at radius 2 is 1.50 bits per heavy atom. The first-order chi connectivity index (χ1) is 11.5. The van der Waals surface area contributed by atoms with Gasteiger partial charge < -0.3 is 4.74 Å². The lowest BCUT2D eigenvalue weighted by molar-refractivity contribution is -0.141. The summed E-state index contributed by atoms with van der Waals surface area (Å²) in [4.78, 5) is 27.4. The van der Waals surface area contributed by atoms with Gasteiger partial charge in [-0.3, -0.25) is 9.80 Å². The molecule has 0 aromatic heterocycles. The molecule has 0 aliphatic rings. The SMILES string of the molecule is C=CC(=O)OC(C)N(C(=O)N(C)c1ccccc1)c1ccccc1. The van der Waals surface area contributed by atoms with Crippen molar-refractivity contribution in [1.29, 1.82) is 0 Å². The minimum atomic E-state index is -0.781. The molecule has 1 atom stereocenters. The van der Waals surface area contributed by atoms with Crippen molar-refractivity contribution in [2.45, 2.75) is 13.2 Å². The minimum Gasteiger partial charge on any atom is -0.438 e. The van der Waals surface area contributed by atoms with Crippen LogP contribution in [0.5, 0.6) is 0 Å². The van der Waals surface area contributed by atoms with Gasteiger partial charge in [0.15, 0.2) is 6.23 Å². The fraction of sp³-hybridized carbons (Fsp3) is 0.158. The number of para-hydroxylation sites is 2. The van der Waals surface area contributed by atoms with E-state index in [4.69, 9.17) is 4.74 Å². The summed E-state index contributed by atoms with van der Waals surface area (Å²) in [5, 5.41) is 0. The van der Waals surface area contributed by atoms with Crippen molar-refractivity contribution in [3.05, 3.63) is 73.3 Å². The molecule has 0 saturated heterocycles. The van der Waals surface area contributed by atoms with Gasteiger partial charge in [-0.2, -0.15) is 0 Å². The summed E-state index contributed by atoms with van der Waals surface area (Å²) in [6.07, 6.45) is 0.294. The first-order valence-corrected chi connectivity index (χ1v) is 7.54. The van der Waals surface area contributed by atoms with Gasteiger partial charge in [0.1, 0.15) is 0 Å². The lowest BCUT2D eigenvalue weighted by atomic mass is 10.2. The molecule has 2 aromatic rings. The molecular weight excluding hydrogens is 304 g/mol. The molecule has 0 N–H and O–H groups in total. The largest absolute Gasteiger partial charge is 0.438 e. The summed E-state index contributed by atoms with van der Waals surface area (Å²) in [5.41, 5.74) is 1.38. The predicted octanol–water partition coefficient (Wildman–Crippen LogP) is 3.82. The third kappa shape index (κ3) is 4.01. The van der Waals surface area contributed by atoms with E-state index in [9.17, 15) is 9.59 Å². The van der Waals surface area contributed by atoms with E-state index in [0.717, 1.165) is 11.8 Å². The van der Waals surface area contributed by atoms with Gasteiger partial charge in [0, 0.05) is 24.5 Å². The average molecular weight is 324 g/mol. The van der Waals surface area contributed by atoms with E-state index in [2.05, 4.69) is 6.58 Å². The quantitative estimate of drug-likeness (QED) is 0.477. The molecule has 0 radical (unpaired) electrons. The molecule has 5 nitrogen and oxygen atoms in total. The van der Waals surface area contributed by atoms with Crippen molar-refractivity contribution >= 4 is 23.4 Å². The monoisotopic (exact) mass is 324 g/mol. The molecular formula is C19H20N2O3. The molecule has 0 heterocycles. The van der Waals surface area contributed by atoms with Crippen LogP contribution in [0.15, 0.2) is 73.3 Å². The van der Waals surface area contributed by atoms with E-state index in [-0.39, 0.29) is 6.03 Å². The fourth-order valence-electron chi connectivity index (χ4n) is 2.26. The number of anilines is 2. The summed E-state index contributed by atoms with van der Waals surface area (Å²) < 4.78 is 5.24. The van der Waals surface area contributed by atoms with Crippen molar-refractivity contribution in [2.75, 3.05) is 16.8 Å². The average Bonchev–Trinajstić information content (AvgIpc) is 2.62. The molecule has 24 heavy (non-hydrogen) atoms. The number of carbonyl (C=O) groups is 2. The highest BCUT2D eigenvalue weighted by atomic mass is 16.6. The predicted molar refractivity (Wildman–Crippen MR) is 94.9 cm³/mol. The smallest absolute Gasteiger partial charge is 0.332 e. The zero-order valence-corrected chi connectivity index (χ0v) is 13.8. The van der Waals surface area contributed by atoms with Crippen LogP contribution in [0.25, 0.3) is 0 Å². The molecule has 0 saturated carbocycles. The van der Waals surface area contributed by atoms with E-state index in [0.29, 0.717) is 5.69 Å². The van der Waals surface area contributed by atoms with Crippen molar-refractivity contribution < 1.29 is 14.3 Å². The van der Waals surface area contributed by atoms with E-state index >= 15 is 0 Å². The molecule has 0 aliphatic carbocycles. The highest BCUT2D eigenvalue weighted by Crippen LogP contribution is 2.22. The second-order valence-electron chi connectivity index (χ2n) is 5.12. The zero-order valence-electron chi connectivity index (χ0n) is 13.8. The van der Waals surface area contributed by atoms with Gasteiger partial charge in [-0.25, -0.2) is 9.59 Å². The molecule has 0 bridgehead atoms. The zero-order chi connectivity index (χ0) is 17.5. The Labute approximate surface area is 141 Å². The van der Waals surface area contributed by atoms with Crippen molar-refractivity contribution in [1.82, 2.24) is 0 Å². The Balaban J connectivity index is 2.33. The van der Waals surface area contributed by atoms with Crippen LogP contribution >= 0.6 is 0 Å². The van der Waals surface area contributed by atoms with Crippen LogP contribution in [0.1, 0.15) is 6.92 Å². The van der Waals surface area contributed by atoms with Gasteiger partial charge in [0.2, 0.25) is 0 Å². The van der Waals surface area contributed by atoms with E-state index in [1.807, 2.05) is 48.5 Å². The second-order valence-corrected chi connectivity index (χ2v) is 5.12. The van der Waals surface area contributed by atoms with Crippen LogP contribution in [0.3, 0.4) is 0 Å². The second kappa shape index (κ2) is 7.97. The number of rotatable bonds is 5. The summed E-state index contributed by atoms with van der Waals surface area (Å²) in [5.74, 6) is -0.585. The van der Waals surface area contributed by atoms with Crippen molar-refractivity contribution in [2.24, 2.45) is 0 Å². The summed E-state index contributed by atoms with van der Waals surface area (Å²) >= 11 is 0. The third-order valence-corrected chi connectivity index (χ3v) is 3.49. The third-order valence-electron chi connectivity index (χ3n) is 3.49. The molecule has 0 fully saturated rings. The number of nitrogens with zero attached hydrogens (tertiary/aromatic N) is 2. The Morgan fingerprint density at radius 3 is 2.00 bits per heavy atom.